The van der Waals surface area contributed by atoms with E-state index in [0.29, 0.717) is 5.92 Å². The van der Waals surface area contributed by atoms with Crippen LogP contribution >= 0.6 is 0 Å². The third-order valence-electron chi connectivity index (χ3n) is 2.40. The minimum atomic E-state index is -0.285. The fourth-order valence-corrected chi connectivity index (χ4v) is 1.46. The highest BCUT2D eigenvalue weighted by atomic mass is 16.3. The molecule has 1 aliphatic heterocycles. The molecule has 0 amide bonds. The average molecular weight is 163 g/mol. The van der Waals surface area contributed by atoms with Crippen molar-refractivity contribution in [3.05, 3.63) is 35.9 Å². The lowest BCUT2D eigenvalue weighted by Crippen LogP contribution is -2.45. The van der Waals surface area contributed by atoms with Crippen LogP contribution in [0.3, 0.4) is 0 Å². The van der Waals surface area contributed by atoms with Crippen LogP contribution in [0.15, 0.2) is 30.3 Å². The number of nitrogens with one attached hydrogen (secondary N) is 1. The summed E-state index contributed by atoms with van der Waals surface area (Å²) in [5, 5.41) is 13.0. The van der Waals surface area contributed by atoms with Gasteiger partial charge >= 0.3 is 0 Å². The monoisotopic (exact) mass is 163 g/mol. The van der Waals surface area contributed by atoms with Gasteiger partial charge in [-0.2, -0.15) is 0 Å². The van der Waals surface area contributed by atoms with Crippen molar-refractivity contribution in [2.45, 2.75) is 6.10 Å². The first-order chi connectivity index (χ1) is 5.88. The summed E-state index contributed by atoms with van der Waals surface area (Å²) in [6, 6.07) is 9.84. The third kappa shape index (κ3) is 1.36. The minimum Gasteiger partial charge on any atom is -0.388 e. The zero-order valence-electron chi connectivity index (χ0n) is 6.90. The number of rotatable bonds is 2. The highest BCUT2D eigenvalue weighted by Gasteiger charge is 2.25. The largest absolute Gasteiger partial charge is 0.388 e. The van der Waals surface area contributed by atoms with E-state index >= 15 is 0 Å². The number of aliphatic hydroxyl groups is 1. The third-order valence-corrected chi connectivity index (χ3v) is 2.40. The molecule has 1 heterocycles. The summed E-state index contributed by atoms with van der Waals surface area (Å²) in [5.74, 6) is 0.410. The van der Waals surface area contributed by atoms with Crippen LogP contribution < -0.4 is 5.32 Å². The maximum absolute atomic E-state index is 9.80. The summed E-state index contributed by atoms with van der Waals surface area (Å²) >= 11 is 0. The maximum Gasteiger partial charge on any atom is 0.0842 e. The molecule has 64 valence electrons. The Labute approximate surface area is 72.2 Å². The second-order valence-corrected chi connectivity index (χ2v) is 3.27. The van der Waals surface area contributed by atoms with Gasteiger partial charge < -0.3 is 10.4 Å². The number of hydrogen-bond acceptors (Lipinski definition) is 2. The molecule has 1 aliphatic rings. The van der Waals surface area contributed by atoms with Crippen molar-refractivity contribution < 1.29 is 5.11 Å². The molecular formula is C10H13NO. The Balaban J connectivity index is 2.08. The van der Waals surface area contributed by atoms with Gasteiger partial charge in [0.1, 0.15) is 0 Å². The molecular weight excluding hydrogens is 150 g/mol. The Morgan fingerprint density at radius 1 is 1.25 bits per heavy atom. The molecule has 1 aromatic carbocycles. The Bertz CT molecular complexity index is 243. The summed E-state index contributed by atoms with van der Waals surface area (Å²) < 4.78 is 0. The standard InChI is InChI=1S/C10H13NO/c12-10(9-6-11-7-9)8-4-2-1-3-5-8/h1-5,9-12H,6-7H2. The van der Waals surface area contributed by atoms with Crippen molar-refractivity contribution in [2.24, 2.45) is 5.92 Å². The summed E-state index contributed by atoms with van der Waals surface area (Å²) in [6.07, 6.45) is -0.285. The van der Waals surface area contributed by atoms with E-state index in [-0.39, 0.29) is 6.10 Å². The van der Waals surface area contributed by atoms with Crippen LogP contribution in [-0.4, -0.2) is 18.2 Å². The predicted molar refractivity (Wildman–Crippen MR) is 47.8 cm³/mol. The number of aliphatic hydroxyl groups excluding tert-OH is 1. The Morgan fingerprint density at radius 2 is 1.92 bits per heavy atom. The first-order valence-electron chi connectivity index (χ1n) is 4.31. The average Bonchev–Trinajstić information content (AvgIpc) is 2.03. The smallest absolute Gasteiger partial charge is 0.0842 e. The fraction of sp³-hybridized carbons (Fsp3) is 0.400. The molecule has 1 unspecified atom stereocenters. The van der Waals surface area contributed by atoms with Crippen molar-refractivity contribution in [1.82, 2.24) is 5.32 Å². The predicted octanol–water partition coefficient (Wildman–Crippen LogP) is 0.939. The molecule has 2 nitrogen and oxygen atoms in total. The van der Waals surface area contributed by atoms with E-state index < -0.39 is 0 Å². The molecule has 0 saturated carbocycles. The van der Waals surface area contributed by atoms with Crippen molar-refractivity contribution in [1.29, 1.82) is 0 Å². The van der Waals surface area contributed by atoms with Gasteiger partial charge in [0, 0.05) is 19.0 Å². The summed E-state index contributed by atoms with van der Waals surface area (Å²) in [6.45, 7) is 1.88. The van der Waals surface area contributed by atoms with Crippen LogP contribution in [-0.2, 0) is 0 Å². The Morgan fingerprint density at radius 3 is 2.42 bits per heavy atom. The van der Waals surface area contributed by atoms with Gasteiger partial charge in [0.25, 0.3) is 0 Å². The zero-order chi connectivity index (χ0) is 8.39. The van der Waals surface area contributed by atoms with E-state index in [1.165, 1.54) is 0 Å². The molecule has 0 radical (unpaired) electrons. The van der Waals surface area contributed by atoms with Gasteiger partial charge in [-0.05, 0) is 5.56 Å². The zero-order valence-corrected chi connectivity index (χ0v) is 6.90. The van der Waals surface area contributed by atoms with Gasteiger partial charge in [-0.25, -0.2) is 0 Å². The molecule has 1 aromatic rings. The summed E-state index contributed by atoms with van der Waals surface area (Å²) in [5.41, 5.74) is 1.03. The molecule has 1 saturated heterocycles. The summed E-state index contributed by atoms with van der Waals surface area (Å²) in [7, 11) is 0. The molecule has 2 N–H and O–H groups in total. The van der Waals surface area contributed by atoms with Crippen LogP contribution in [0, 0.1) is 5.92 Å². The first-order valence-corrected chi connectivity index (χ1v) is 4.31. The van der Waals surface area contributed by atoms with Crippen molar-refractivity contribution in [2.75, 3.05) is 13.1 Å². The molecule has 0 aromatic heterocycles. The normalized spacial score (nSPS) is 20.1. The lowest BCUT2D eigenvalue weighted by atomic mass is 9.91. The van der Waals surface area contributed by atoms with E-state index in [1.807, 2.05) is 30.3 Å². The van der Waals surface area contributed by atoms with E-state index in [2.05, 4.69) is 5.32 Å². The Hall–Kier alpha value is -0.860. The van der Waals surface area contributed by atoms with Crippen molar-refractivity contribution >= 4 is 0 Å². The quantitative estimate of drug-likeness (QED) is 0.680. The second kappa shape index (κ2) is 3.25. The lowest BCUT2D eigenvalue weighted by molar-refractivity contribution is 0.0767. The van der Waals surface area contributed by atoms with Crippen LogP contribution in [0.1, 0.15) is 11.7 Å². The number of hydrogen-bond donors (Lipinski definition) is 2. The molecule has 0 aliphatic carbocycles. The molecule has 2 rings (SSSR count). The van der Waals surface area contributed by atoms with Gasteiger partial charge in [0.15, 0.2) is 0 Å². The van der Waals surface area contributed by atoms with Gasteiger partial charge in [-0.1, -0.05) is 30.3 Å². The maximum atomic E-state index is 9.80. The second-order valence-electron chi connectivity index (χ2n) is 3.27. The van der Waals surface area contributed by atoms with Crippen molar-refractivity contribution in [3.63, 3.8) is 0 Å². The van der Waals surface area contributed by atoms with Gasteiger partial charge in [0.05, 0.1) is 6.10 Å². The van der Waals surface area contributed by atoms with E-state index in [4.69, 9.17) is 0 Å². The van der Waals surface area contributed by atoms with Gasteiger partial charge in [0.2, 0.25) is 0 Å². The van der Waals surface area contributed by atoms with Crippen molar-refractivity contribution in [3.8, 4) is 0 Å². The molecule has 0 bridgehead atoms. The molecule has 12 heavy (non-hydrogen) atoms. The first kappa shape index (κ1) is 7.77. The lowest BCUT2D eigenvalue weighted by Gasteiger charge is -2.31. The van der Waals surface area contributed by atoms with Crippen LogP contribution in [0.2, 0.25) is 0 Å². The van der Waals surface area contributed by atoms with Gasteiger partial charge in [-0.3, -0.25) is 0 Å². The van der Waals surface area contributed by atoms with Crippen LogP contribution in [0.5, 0.6) is 0 Å². The van der Waals surface area contributed by atoms with E-state index in [1.54, 1.807) is 0 Å². The van der Waals surface area contributed by atoms with E-state index in [9.17, 15) is 5.11 Å². The topological polar surface area (TPSA) is 32.3 Å². The number of benzene rings is 1. The highest BCUT2D eigenvalue weighted by molar-refractivity contribution is 5.18. The van der Waals surface area contributed by atoms with Crippen LogP contribution in [0.4, 0.5) is 0 Å². The molecule has 1 fully saturated rings. The fourth-order valence-electron chi connectivity index (χ4n) is 1.46. The Kier molecular flexibility index (Phi) is 2.11. The van der Waals surface area contributed by atoms with Crippen LogP contribution in [0.25, 0.3) is 0 Å². The SMILES string of the molecule is OC(c1ccccc1)C1CNC1. The summed E-state index contributed by atoms with van der Waals surface area (Å²) in [4.78, 5) is 0. The van der Waals surface area contributed by atoms with E-state index in [0.717, 1.165) is 18.7 Å². The molecule has 0 spiro atoms. The molecule has 2 heteroatoms. The highest BCUT2D eigenvalue weighted by Crippen LogP contribution is 2.24. The van der Waals surface area contributed by atoms with Gasteiger partial charge in [-0.15, -0.1) is 0 Å². The molecule has 1 atom stereocenters. The minimum absolute atomic E-state index is 0.285.